The molecule has 0 spiro atoms. The molecule has 1 atom stereocenters. The van der Waals surface area contributed by atoms with Crippen molar-refractivity contribution >= 4 is 0 Å². The van der Waals surface area contributed by atoms with Gasteiger partial charge in [0.2, 0.25) is 0 Å². The number of hydrogen-bond acceptors (Lipinski definition) is 4. The van der Waals surface area contributed by atoms with Gasteiger partial charge in [-0.05, 0) is 32.4 Å². The second-order valence-electron chi connectivity index (χ2n) is 3.79. The van der Waals surface area contributed by atoms with E-state index in [9.17, 15) is 0 Å². The molecule has 1 fully saturated rings. The van der Waals surface area contributed by atoms with Gasteiger partial charge in [0.05, 0.1) is 18.3 Å². The maximum absolute atomic E-state index is 5.01. The van der Waals surface area contributed by atoms with Crippen LogP contribution in [0.3, 0.4) is 0 Å². The third-order valence-corrected chi connectivity index (χ3v) is 2.75. The van der Waals surface area contributed by atoms with Crippen LogP contribution in [0.15, 0.2) is 12.3 Å². The molecule has 1 aromatic rings. The fourth-order valence-corrected chi connectivity index (χ4v) is 1.86. The standard InChI is InChI=1S/C10H15N3O/c1-10(5-3-6-12-10)8-4-7-11-9(13-8)14-2/h4,7,12H,3,5-6H2,1-2H3. The lowest BCUT2D eigenvalue weighted by Gasteiger charge is -2.23. The lowest BCUT2D eigenvalue weighted by Crippen LogP contribution is -2.34. The summed E-state index contributed by atoms with van der Waals surface area (Å²) in [6.45, 7) is 3.23. The molecule has 0 amide bonds. The van der Waals surface area contributed by atoms with Crippen LogP contribution in [-0.4, -0.2) is 23.6 Å². The van der Waals surface area contributed by atoms with Crippen LogP contribution in [0.5, 0.6) is 6.01 Å². The zero-order valence-electron chi connectivity index (χ0n) is 8.58. The Morgan fingerprint density at radius 3 is 3.07 bits per heavy atom. The minimum absolute atomic E-state index is 0.00375. The van der Waals surface area contributed by atoms with Crippen LogP contribution in [0, 0.1) is 0 Å². The Labute approximate surface area is 83.7 Å². The molecule has 1 unspecified atom stereocenters. The minimum atomic E-state index is -0.00375. The predicted molar refractivity (Wildman–Crippen MR) is 53.2 cm³/mol. The Balaban J connectivity index is 2.30. The van der Waals surface area contributed by atoms with Crippen molar-refractivity contribution in [2.75, 3.05) is 13.7 Å². The van der Waals surface area contributed by atoms with E-state index in [1.807, 2.05) is 6.07 Å². The average Bonchev–Trinajstić information content (AvgIpc) is 2.67. The monoisotopic (exact) mass is 193 g/mol. The number of aromatic nitrogens is 2. The Morgan fingerprint density at radius 2 is 2.43 bits per heavy atom. The summed E-state index contributed by atoms with van der Waals surface area (Å²) in [5.74, 6) is 0. The van der Waals surface area contributed by atoms with Gasteiger partial charge in [0.25, 0.3) is 0 Å². The zero-order valence-corrected chi connectivity index (χ0v) is 8.58. The molecular formula is C10H15N3O. The van der Waals surface area contributed by atoms with Crippen molar-refractivity contribution in [3.63, 3.8) is 0 Å². The van der Waals surface area contributed by atoms with Gasteiger partial charge in [-0.2, -0.15) is 4.98 Å². The van der Waals surface area contributed by atoms with E-state index in [1.165, 1.54) is 6.42 Å². The van der Waals surface area contributed by atoms with Crippen molar-refractivity contribution in [2.24, 2.45) is 0 Å². The quantitative estimate of drug-likeness (QED) is 0.763. The summed E-state index contributed by atoms with van der Waals surface area (Å²) in [7, 11) is 1.59. The maximum Gasteiger partial charge on any atom is 0.316 e. The highest BCUT2D eigenvalue weighted by Gasteiger charge is 2.31. The van der Waals surface area contributed by atoms with Crippen LogP contribution in [0.1, 0.15) is 25.5 Å². The Bertz CT molecular complexity index is 321. The molecule has 1 aliphatic heterocycles. The molecule has 1 saturated heterocycles. The smallest absolute Gasteiger partial charge is 0.316 e. The van der Waals surface area contributed by atoms with Crippen molar-refractivity contribution < 1.29 is 4.74 Å². The number of methoxy groups -OCH3 is 1. The van der Waals surface area contributed by atoms with Gasteiger partial charge in [0.1, 0.15) is 0 Å². The number of nitrogens with one attached hydrogen (secondary N) is 1. The predicted octanol–water partition coefficient (Wildman–Crippen LogP) is 1.08. The Kier molecular flexibility index (Phi) is 2.37. The summed E-state index contributed by atoms with van der Waals surface area (Å²) < 4.78 is 5.01. The van der Waals surface area contributed by atoms with Crippen LogP contribution in [0.25, 0.3) is 0 Å². The molecule has 14 heavy (non-hydrogen) atoms. The van der Waals surface area contributed by atoms with Gasteiger partial charge in [0, 0.05) is 6.20 Å². The van der Waals surface area contributed by atoms with Gasteiger partial charge in [-0.3, -0.25) is 0 Å². The minimum Gasteiger partial charge on any atom is -0.467 e. The van der Waals surface area contributed by atoms with E-state index in [0.717, 1.165) is 18.7 Å². The van der Waals surface area contributed by atoms with Gasteiger partial charge in [-0.1, -0.05) is 0 Å². The molecule has 2 rings (SSSR count). The van der Waals surface area contributed by atoms with Crippen LogP contribution in [-0.2, 0) is 5.54 Å². The molecule has 0 bridgehead atoms. The SMILES string of the molecule is COc1nccc(C2(C)CCCN2)n1. The van der Waals surface area contributed by atoms with Crippen LogP contribution < -0.4 is 10.1 Å². The fraction of sp³-hybridized carbons (Fsp3) is 0.600. The van der Waals surface area contributed by atoms with E-state index < -0.39 is 0 Å². The van der Waals surface area contributed by atoms with Crippen LogP contribution >= 0.6 is 0 Å². The first kappa shape index (κ1) is 9.40. The fourth-order valence-electron chi connectivity index (χ4n) is 1.86. The van der Waals surface area contributed by atoms with Crippen molar-refractivity contribution in [2.45, 2.75) is 25.3 Å². The van der Waals surface area contributed by atoms with E-state index in [-0.39, 0.29) is 5.54 Å². The summed E-state index contributed by atoms with van der Waals surface area (Å²) in [4.78, 5) is 8.35. The van der Waals surface area contributed by atoms with Gasteiger partial charge < -0.3 is 10.1 Å². The molecule has 4 nitrogen and oxygen atoms in total. The van der Waals surface area contributed by atoms with Gasteiger partial charge in [-0.25, -0.2) is 4.98 Å². The lowest BCUT2D eigenvalue weighted by molar-refractivity contribution is 0.362. The van der Waals surface area contributed by atoms with E-state index in [0.29, 0.717) is 6.01 Å². The largest absolute Gasteiger partial charge is 0.467 e. The number of nitrogens with zero attached hydrogens (tertiary/aromatic N) is 2. The molecular weight excluding hydrogens is 178 g/mol. The van der Waals surface area contributed by atoms with Crippen LogP contribution in [0.2, 0.25) is 0 Å². The normalized spacial score (nSPS) is 26.4. The average molecular weight is 193 g/mol. The topological polar surface area (TPSA) is 47.0 Å². The first-order chi connectivity index (χ1) is 6.74. The van der Waals surface area contributed by atoms with Crippen molar-refractivity contribution in [3.05, 3.63) is 18.0 Å². The van der Waals surface area contributed by atoms with Crippen LogP contribution in [0.4, 0.5) is 0 Å². The van der Waals surface area contributed by atoms with E-state index >= 15 is 0 Å². The molecule has 0 radical (unpaired) electrons. The summed E-state index contributed by atoms with van der Waals surface area (Å²) >= 11 is 0. The van der Waals surface area contributed by atoms with E-state index in [4.69, 9.17) is 4.74 Å². The molecule has 1 aliphatic rings. The lowest BCUT2D eigenvalue weighted by atomic mass is 9.96. The number of rotatable bonds is 2. The highest BCUT2D eigenvalue weighted by atomic mass is 16.5. The van der Waals surface area contributed by atoms with Crippen molar-refractivity contribution in [1.29, 1.82) is 0 Å². The van der Waals surface area contributed by atoms with Gasteiger partial charge in [-0.15, -0.1) is 0 Å². The highest BCUT2D eigenvalue weighted by Crippen LogP contribution is 2.28. The molecule has 2 heterocycles. The van der Waals surface area contributed by atoms with Gasteiger partial charge in [0.15, 0.2) is 0 Å². The second-order valence-corrected chi connectivity index (χ2v) is 3.79. The first-order valence-corrected chi connectivity index (χ1v) is 4.87. The zero-order chi connectivity index (χ0) is 10.0. The highest BCUT2D eigenvalue weighted by molar-refractivity contribution is 5.17. The first-order valence-electron chi connectivity index (χ1n) is 4.87. The Morgan fingerprint density at radius 1 is 1.57 bits per heavy atom. The van der Waals surface area contributed by atoms with Gasteiger partial charge >= 0.3 is 6.01 Å². The molecule has 0 aliphatic carbocycles. The third kappa shape index (κ3) is 1.57. The van der Waals surface area contributed by atoms with E-state index in [1.54, 1.807) is 13.3 Å². The van der Waals surface area contributed by atoms with Crippen molar-refractivity contribution in [3.8, 4) is 6.01 Å². The molecule has 1 aromatic heterocycles. The van der Waals surface area contributed by atoms with Crippen molar-refractivity contribution in [1.82, 2.24) is 15.3 Å². The maximum atomic E-state index is 5.01. The molecule has 0 aromatic carbocycles. The Hall–Kier alpha value is -1.16. The molecule has 1 N–H and O–H groups in total. The summed E-state index contributed by atoms with van der Waals surface area (Å²) in [6, 6.07) is 2.39. The molecule has 76 valence electrons. The summed E-state index contributed by atoms with van der Waals surface area (Å²) in [5, 5.41) is 3.45. The molecule has 0 saturated carbocycles. The second kappa shape index (κ2) is 3.53. The summed E-state index contributed by atoms with van der Waals surface area (Å²) in [5.41, 5.74) is 1.01. The van der Waals surface area contributed by atoms with E-state index in [2.05, 4.69) is 22.2 Å². The molecule has 4 heteroatoms. The third-order valence-electron chi connectivity index (χ3n) is 2.75. The summed E-state index contributed by atoms with van der Waals surface area (Å²) in [6.07, 6.45) is 4.06. The number of hydrogen-bond donors (Lipinski definition) is 1. The number of ether oxygens (including phenoxy) is 1.